The van der Waals surface area contributed by atoms with Crippen molar-refractivity contribution >= 4 is 0 Å². The summed E-state index contributed by atoms with van der Waals surface area (Å²) in [6.45, 7) is 0.472. The monoisotopic (exact) mass is 372 g/mol. The summed E-state index contributed by atoms with van der Waals surface area (Å²) >= 11 is 0. The van der Waals surface area contributed by atoms with E-state index < -0.39 is 0 Å². The molecule has 0 aliphatic heterocycles. The van der Waals surface area contributed by atoms with Crippen molar-refractivity contribution in [3.63, 3.8) is 0 Å². The number of fused-ring (bicyclic) bond motifs is 4. The summed E-state index contributed by atoms with van der Waals surface area (Å²) in [5, 5.41) is 11.2. The van der Waals surface area contributed by atoms with Gasteiger partial charge in [-0.25, -0.2) is 0 Å². The molecule has 1 nitrogen and oxygen atoms in total. The van der Waals surface area contributed by atoms with E-state index in [4.69, 9.17) is 0 Å². The van der Waals surface area contributed by atoms with Crippen molar-refractivity contribution in [2.45, 2.75) is 32.1 Å². The first-order chi connectivity index (χ1) is 13.8. The van der Waals surface area contributed by atoms with Crippen molar-refractivity contribution in [3.05, 3.63) is 35.9 Å². The summed E-state index contributed by atoms with van der Waals surface area (Å²) in [6.07, 6.45) is 7.30. The van der Waals surface area contributed by atoms with Gasteiger partial charge in [-0.15, -0.1) is 0 Å². The Hall–Kier alpha value is -0.820. The molecular formula is C27H32O. The lowest BCUT2D eigenvalue weighted by molar-refractivity contribution is -0.0119. The zero-order valence-corrected chi connectivity index (χ0v) is 16.7. The van der Waals surface area contributed by atoms with Crippen LogP contribution in [0.1, 0.15) is 31.2 Å². The molecule has 8 aliphatic carbocycles. The number of aliphatic hydroxyl groups excluding tert-OH is 1. The zero-order valence-electron chi connectivity index (χ0n) is 16.7. The highest BCUT2D eigenvalue weighted by Gasteiger charge is 2.87. The van der Waals surface area contributed by atoms with Crippen molar-refractivity contribution in [2.75, 3.05) is 6.61 Å². The van der Waals surface area contributed by atoms with Gasteiger partial charge in [0.25, 0.3) is 0 Å². The lowest BCUT2D eigenvalue weighted by atomic mass is 9.60. The Labute approximate surface area is 168 Å². The second-order valence-electron chi connectivity index (χ2n) is 12.5. The van der Waals surface area contributed by atoms with E-state index in [1.54, 1.807) is 12.8 Å². The largest absolute Gasteiger partial charge is 0.396 e. The van der Waals surface area contributed by atoms with Crippen molar-refractivity contribution in [2.24, 2.45) is 88.3 Å². The van der Waals surface area contributed by atoms with Gasteiger partial charge in [-0.2, -0.15) is 0 Å². The van der Waals surface area contributed by atoms with Crippen LogP contribution < -0.4 is 0 Å². The molecule has 0 saturated heterocycles. The SMILES string of the molecule is OCC1(Cc2ccccc2)[C@@H]2[C@@H]3CC[C@@H]4C5C6[C@@H]7[C@H]([C@H]2[C@H]6[C@H]34)[C@@H]1[C@@H]1CC[C@@H]5[C@H]17. The Morgan fingerprint density at radius 2 is 1.14 bits per heavy atom. The highest BCUT2D eigenvalue weighted by Crippen LogP contribution is 2.90. The Morgan fingerprint density at radius 1 is 0.643 bits per heavy atom. The molecule has 0 heterocycles. The maximum Gasteiger partial charge on any atom is 0.0496 e. The van der Waals surface area contributed by atoms with Gasteiger partial charge in [-0.3, -0.25) is 0 Å². The fraction of sp³-hybridized carbons (Fsp3) is 0.778. The average molecular weight is 373 g/mol. The lowest BCUT2D eigenvalue weighted by Gasteiger charge is -2.44. The van der Waals surface area contributed by atoms with Gasteiger partial charge in [-0.05, 0) is 121 Å². The van der Waals surface area contributed by atoms with Gasteiger partial charge in [0.15, 0.2) is 0 Å². The zero-order chi connectivity index (χ0) is 17.9. The molecule has 1 N–H and O–H groups in total. The molecule has 0 radical (unpaired) electrons. The molecule has 28 heavy (non-hydrogen) atoms. The van der Waals surface area contributed by atoms with Crippen LogP contribution in [0.5, 0.6) is 0 Å². The summed E-state index contributed by atoms with van der Waals surface area (Å²) in [7, 11) is 0. The van der Waals surface area contributed by atoms with Crippen LogP contribution in [-0.4, -0.2) is 11.7 Å². The summed E-state index contributed by atoms with van der Waals surface area (Å²) in [6, 6.07) is 11.3. The van der Waals surface area contributed by atoms with Gasteiger partial charge in [0.05, 0.1) is 0 Å². The van der Waals surface area contributed by atoms with E-state index in [1.807, 2.05) is 0 Å². The second-order valence-corrected chi connectivity index (χ2v) is 12.5. The smallest absolute Gasteiger partial charge is 0.0496 e. The van der Waals surface area contributed by atoms with E-state index in [0.29, 0.717) is 6.61 Å². The minimum Gasteiger partial charge on any atom is -0.396 e. The van der Waals surface area contributed by atoms with Crippen molar-refractivity contribution in [1.29, 1.82) is 0 Å². The number of aliphatic hydroxyl groups is 1. The van der Waals surface area contributed by atoms with Crippen LogP contribution in [0.25, 0.3) is 0 Å². The fourth-order valence-corrected chi connectivity index (χ4v) is 13.6. The maximum atomic E-state index is 11.2. The topological polar surface area (TPSA) is 20.2 Å². The Balaban J connectivity index is 1.30. The standard InChI is InChI=1S/C27H32O/c28-11-27(10-12-4-2-1-3-5-12)25-15-8-6-13-17-14-7-9-16-19(14)22-20(17)21(18(13)15)23(25)24(22)26(16)27/h1-5,13-26,28H,6-11H2/t13-,14+,15-,16-,17?,18+,19-,20?,21+,22-,23-,24-,25-,26+,27?/m1/s1. The Bertz CT molecular complexity index is 830. The van der Waals surface area contributed by atoms with Crippen LogP contribution in [0.15, 0.2) is 30.3 Å². The molecule has 1 aromatic rings. The highest BCUT2D eigenvalue weighted by atomic mass is 16.3. The first-order valence-corrected chi connectivity index (χ1v) is 12.5. The number of hydrogen-bond donors (Lipinski definition) is 1. The third-order valence-corrected chi connectivity index (χ3v) is 12.9. The lowest BCUT2D eigenvalue weighted by Crippen LogP contribution is -2.44. The molecule has 0 aromatic heterocycles. The average Bonchev–Trinajstić information content (AvgIpc) is 3.48. The summed E-state index contributed by atoms with van der Waals surface area (Å²) in [5.74, 6) is 14.6. The number of hydrogen-bond acceptors (Lipinski definition) is 1. The molecule has 1 heteroatoms. The summed E-state index contributed by atoms with van der Waals surface area (Å²) in [4.78, 5) is 0. The molecule has 8 aliphatic rings. The van der Waals surface area contributed by atoms with E-state index >= 15 is 0 Å². The molecule has 0 bridgehead atoms. The summed E-state index contributed by atoms with van der Waals surface area (Å²) < 4.78 is 0. The van der Waals surface area contributed by atoms with Crippen molar-refractivity contribution in [3.8, 4) is 0 Å². The second kappa shape index (κ2) is 4.43. The molecule has 9 rings (SSSR count). The van der Waals surface area contributed by atoms with Crippen LogP contribution in [0, 0.1) is 88.3 Å². The van der Waals surface area contributed by atoms with Gasteiger partial charge in [-0.1, -0.05) is 30.3 Å². The van der Waals surface area contributed by atoms with Crippen LogP contribution >= 0.6 is 0 Å². The predicted octanol–water partition coefficient (Wildman–Crippen LogP) is 4.50. The Kier molecular flexibility index (Phi) is 2.38. The van der Waals surface area contributed by atoms with Crippen LogP contribution in [0.3, 0.4) is 0 Å². The molecular weight excluding hydrogens is 340 g/mol. The molecule has 3 unspecified atom stereocenters. The normalized spacial score (nSPS) is 67.3. The van der Waals surface area contributed by atoms with E-state index in [9.17, 15) is 5.11 Å². The third kappa shape index (κ3) is 1.24. The maximum absolute atomic E-state index is 11.2. The van der Waals surface area contributed by atoms with Gasteiger partial charge in [0, 0.05) is 12.0 Å². The van der Waals surface area contributed by atoms with Gasteiger partial charge in [0.2, 0.25) is 0 Å². The molecule has 146 valence electrons. The van der Waals surface area contributed by atoms with E-state index in [0.717, 1.165) is 82.9 Å². The minimum absolute atomic E-state index is 0.213. The predicted molar refractivity (Wildman–Crippen MR) is 107 cm³/mol. The molecule has 8 fully saturated rings. The fourth-order valence-electron chi connectivity index (χ4n) is 13.6. The highest BCUT2D eigenvalue weighted by molar-refractivity contribution is 5.35. The van der Waals surface area contributed by atoms with Gasteiger partial charge >= 0.3 is 0 Å². The van der Waals surface area contributed by atoms with Crippen molar-refractivity contribution in [1.82, 2.24) is 0 Å². The van der Waals surface area contributed by atoms with Crippen LogP contribution in [-0.2, 0) is 6.42 Å². The van der Waals surface area contributed by atoms with Crippen LogP contribution in [0.4, 0.5) is 0 Å². The van der Waals surface area contributed by atoms with Gasteiger partial charge in [0.1, 0.15) is 0 Å². The quantitative estimate of drug-likeness (QED) is 0.828. The Morgan fingerprint density at radius 3 is 1.71 bits per heavy atom. The molecule has 15 atom stereocenters. The number of benzene rings is 1. The minimum atomic E-state index is 0.213. The van der Waals surface area contributed by atoms with Gasteiger partial charge < -0.3 is 5.11 Å². The first-order valence-electron chi connectivity index (χ1n) is 12.5. The van der Waals surface area contributed by atoms with Crippen molar-refractivity contribution < 1.29 is 5.11 Å². The molecule has 0 amide bonds. The molecule has 1 aromatic carbocycles. The molecule has 8 saturated carbocycles. The first kappa shape index (κ1) is 15.1. The summed E-state index contributed by atoms with van der Waals surface area (Å²) in [5.41, 5.74) is 1.72. The van der Waals surface area contributed by atoms with E-state index in [1.165, 1.54) is 24.8 Å². The molecule has 0 spiro atoms. The number of rotatable bonds is 3. The van der Waals surface area contributed by atoms with Crippen LogP contribution in [0.2, 0.25) is 0 Å². The third-order valence-electron chi connectivity index (χ3n) is 12.9. The van der Waals surface area contributed by atoms with E-state index in [2.05, 4.69) is 30.3 Å². The van der Waals surface area contributed by atoms with E-state index in [-0.39, 0.29) is 5.41 Å².